The molecule has 2 aromatic carbocycles. The third-order valence-electron chi connectivity index (χ3n) is 4.42. The van der Waals surface area contributed by atoms with Crippen LogP contribution in [-0.4, -0.2) is 29.5 Å². The SMILES string of the molecule is CC1CC(NC(=O)c2ccc(Oc3ccc(Cl)cc3[N+](=O)[O-])cc2)CCN1.Cl. The van der Waals surface area contributed by atoms with Crippen LogP contribution in [0.2, 0.25) is 5.02 Å². The van der Waals surface area contributed by atoms with E-state index in [4.69, 9.17) is 16.3 Å². The van der Waals surface area contributed by atoms with E-state index in [9.17, 15) is 14.9 Å². The number of halogens is 2. The number of nitro benzene ring substituents is 1. The Morgan fingerprint density at radius 2 is 2.00 bits per heavy atom. The maximum atomic E-state index is 12.4. The zero-order chi connectivity index (χ0) is 19.4. The average molecular weight is 426 g/mol. The molecule has 1 aliphatic heterocycles. The van der Waals surface area contributed by atoms with Crippen LogP contribution in [0.5, 0.6) is 11.5 Å². The fourth-order valence-corrected chi connectivity index (χ4v) is 3.22. The number of piperidine rings is 1. The Bertz CT molecular complexity index is 846. The fraction of sp³-hybridized carbons (Fsp3) is 0.316. The molecule has 3 rings (SSSR count). The second kappa shape index (κ2) is 9.73. The molecular formula is C19H21Cl2N3O4. The van der Waals surface area contributed by atoms with Crippen LogP contribution in [0.4, 0.5) is 5.69 Å². The first-order valence-electron chi connectivity index (χ1n) is 8.68. The van der Waals surface area contributed by atoms with Crippen LogP contribution >= 0.6 is 24.0 Å². The molecule has 0 spiro atoms. The van der Waals surface area contributed by atoms with Crippen LogP contribution < -0.4 is 15.4 Å². The summed E-state index contributed by atoms with van der Waals surface area (Å²) in [7, 11) is 0. The minimum absolute atomic E-state index is 0. The van der Waals surface area contributed by atoms with Crippen LogP contribution in [0, 0.1) is 10.1 Å². The lowest BCUT2D eigenvalue weighted by Gasteiger charge is -2.28. The summed E-state index contributed by atoms with van der Waals surface area (Å²) in [6, 6.07) is 11.2. The van der Waals surface area contributed by atoms with Crippen molar-refractivity contribution in [1.82, 2.24) is 10.6 Å². The van der Waals surface area contributed by atoms with Gasteiger partial charge in [0.2, 0.25) is 5.75 Å². The van der Waals surface area contributed by atoms with Gasteiger partial charge in [-0.15, -0.1) is 12.4 Å². The van der Waals surface area contributed by atoms with Gasteiger partial charge in [0.15, 0.2) is 0 Å². The zero-order valence-corrected chi connectivity index (χ0v) is 16.8. The highest BCUT2D eigenvalue weighted by Gasteiger charge is 2.21. The number of nitrogens with one attached hydrogen (secondary N) is 2. The van der Waals surface area contributed by atoms with Gasteiger partial charge in [-0.1, -0.05) is 11.6 Å². The van der Waals surface area contributed by atoms with Crippen molar-refractivity contribution in [1.29, 1.82) is 0 Å². The third-order valence-corrected chi connectivity index (χ3v) is 4.66. The molecule has 1 fully saturated rings. The molecule has 2 unspecified atom stereocenters. The minimum atomic E-state index is -0.553. The second-order valence-electron chi connectivity index (χ2n) is 6.55. The molecule has 0 aliphatic carbocycles. The van der Waals surface area contributed by atoms with E-state index in [0.717, 1.165) is 19.4 Å². The van der Waals surface area contributed by atoms with E-state index in [2.05, 4.69) is 17.6 Å². The predicted octanol–water partition coefficient (Wildman–Crippen LogP) is 4.33. The summed E-state index contributed by atoms with van der Waals surface area (Å²) >= 11 is 5.80. The van der Waals surface area contributed by atoms with Crippen molar-refractivity contribution in [2.75, 3.05) is 6.54 Å². The fourth-order valence-electron chi connectivity index (χ4n) is 3.05. The van der Waals surface area contributed by atoms with Gasteiger partial charge in [0.05, 0.1) is 4.92 Å². The lowest BCUT2D eigenvalue weighted by molar-refractivity contribution is -0.385. The maximum Gasteiger partial charge on any atom is 0.313 e. The molecule has 2 atom stereocenters. The molecule has 1 saturated heterocycles. The Balaban J connectivity index is 0.00000280. The standard InChI is InChI=1S/C19H20ClN3O4.ClH/c1-12-10-15(8-9-21-12)22-19(24)13-2-5-16(6-3-13)27-18-7-4-14(20)11-17(18)23(25)26;/h2-7,11-12,15,21H,8-10H2,1H3,(H,22,24);1H. The van der Waals surface area contributed by atoms with Crippen LogP contribution in [0.3, 0.4) is 0 Å². The predicted molar refractivity (Wildman–Crippen MR) is 110 cm³/mol. The lowest BCUT2D eigenvalue weighted by Crippen LogP contribution is -2.46. The Morgan fingerprint density at radius 3 is 2.64 bits per heavy atom. The topological polar surface area (TPSA) is 93.5 Å². The number of amides is 1. The number of carbonyl (C=O) groups is 1. The van der Waals surface area contributed by atoms with Gasteiger partial charge < -0.3 is 15.4 Å². The van der Waals surface area contributed by atoms with Gasteiger partial charge in [0, 0.05) is 28.7 Å². The summed E-state index contributed by atoms with van der Waals surface area (Å²) in [5, 5.41) is 17.8. The zero-order valence-electron chi connectivity index (χ0n) is 15.2. The van der Waals surface area contributed by atoms with Crippen LogP contribution in [-0.2, 0) is 0 Å². The van der Waals surface area contributed by atoms with E-state index in [1.807, 2.05) is 0 Å². The number of rotatable bonds is 5. The minimum Gasteiger partial charge on any atom is -0.450 e. The Kier molecular flexibility index (Phi) is 7.62. The van der Waals surface area contributed by atoms with E-state index < -0.39 is 4.92 Å². The first kappa shape index (κ1) is 21.9. The molecular weight excluding hydrogens is 405 g/mol. The van der Waals surface area contributed by atoms with Crippen molar-refractivity contribution in [2.24, 2.45) is 0 Å². The van der Waals surface area contributed by atoms with Crippen molar-refractivity contribution in [3.05, 3.63) is 63.2 Å². The molecule has 0 aromatic heterocycles. The van der Waals surface area contributed by atoms with E-state index in [-0.39, 0.29) is 40.8 Å². The maximum absolute atomic E-state index is 12.4. The molecule has 9 heteroatoms. The van der Waals surface area contributed by atoms with E-state index in [1.54, 1.807) is 24.3 Å². The molecule has 2 aromatic rings. The van der Waals surface area contributed by atoms with Gasteiger partial charge in [-0.3, -0.25) is 14.9 Å². The number of carbonyl (C=O) groups excluding carboxylic acids is 1. The molecule has 0 saturated carbocycles. The number of benzene rings is 2. The summed E-state index contributed by atoms with van der Waals surface area (Å²) in [5.74, 6) is 0.343. The monoisotopic (exact) mass is 425 g/mol. The number of nitrogens with zero attached hydrogens (tertiary/aromatic N) is 1. The van der Waals surface area contributed by atoms with E-state index in [0.29, 0.717) is 17.4 Å². The molecule has 1 aliphatic rings. The van der Waals surface area contributed by atoms with Gasteiger partial charge in [0.1, 0.15) is 5.75 Å². The summed E-state index contributed by atoms with van der Waals surface area (Å²) in [6.45, 7) is 2.99. The van der Waals surface area contributed by atoms with Gasteiger partial charge in [-0.25, -0.2) is 0 Å². The Labute approximate surface area is 174 Å². The van der Waals surface area contributed by atoms with Gasteiger partial charge in [0.25, 0.3) is 5.91 Å². The van der Waals surface area contributed by atoms with E-state index in [1.165, 1.54) is 18.2 Å². The molecule has 7 nitrogen and oxygen atoms in total. The van der Waals surface area contributed by atoms with Gasteiger partial charge in [-0.05, 0) is 62.7 Å². The quantitative estimate of drug-likeness (QED) is 0.548. The summed E-state index contributed by atoms with van der Waals surface area (Å²) in [6.07, 6.45) is 1.80. The van der Waals surface area contributed by atoms with E-state index >= 15 is 0 Å². The highest BCUT2D eigenvalue weighted by molar-refractivity contribution is 6.30. The molecule has 28 heavy (non-hydrogen) atoms. The Hall–Kier alpha value is -2.35. The summed E-state index contributed by atoms with van der Waals surface area (Å²) in [4.78, 5) is 23.0. The van der Waals surface area contributed by atoms with Gasteiger partial charge in [-0.2, -0.15) is 0 Å². The van der Waals surface area contributed by atoms with Crippen LogP contribution in [0.25, 0.3) is 0 Å². The number of ether oxygens (including phenoxy) is 1. The Morgan fingerprint density at radius 1 is 1.29 bits per heavy atom. The second-order valence-corrected chi connectivity index (χ2v) is 6.98. The van der Waals surface area contributed by atoms with Crippen molar-refractivity contribution in [3.63, 3.8) is 0 Å². The summed E-state index contributed by atoms with van der Waals surface area (Å²) < 4.78 is 5.58. The van der Waals surface area contributed by atoms with Crippen LogP contribution in [0.15, 0.2) is 42.5 Å². The van der Waals surface area contributed by atoms with Crippen LogP contribution in [0.1, 0.15) is 30.1 Å². The first-order chi connectivity index (χ1) is 12.9. The normalized spacial score (nSPS) is 18.6. The molecule has 0 radical (unpaired) electrons. The first-order valence-corrected chi connectivity index (χ1v) is 9.06. The van der Waals surface area contributed by atoms with Gasteiger partial charge >= 0.3 is 5.69 Å². The summed E-state index contributed by atoms with van der Waals surface area (Å²) in [5.41, 5.74) is 0.295. The van der Waals surface area contributed by atoms with Crippen molar-refractivity contribution in [3.8, 4) is 11.5 Å². The molecule has 150 valence electrons. The average Bonchev–Trinajstić information content (AvgIpc) is 2.63. The molecule has 0 bridgehead atoms. The van der Waals surface area contributed by atoms with Crippen molar-refractivity contribution in [2.45, 2.75) is 31.8 Å². The molecule has 1 amide bonds. The largest absolute Gasteiger partial charge is 0.450 e. The third kappa shape index (κ3) is 5.58. The lowest BCUT2D eigenvalue weighted by atomic mass is 10.0. The molecule has 1 heterocycles. The number of hydrogen-bond acceptors (Lipinski definition) is 5. The highest BCUT2D eigenvalue weighted by atomic mass is 35.5. The number of nitro groups is 1. The smallest absolute Gasteiger partial charge is 0.313 e. The van der Waals surface area contributed by atoms with Crippen molar-refractivity contribution < 1.29 is 14.5 Å². The van der Waals surface area contributed by atoms with Crippen molar-refractivity contribution >= 4 is 35.6 Å². The molecule has 2 N–H and O–H groups in total. The number of hydrogen-bond donors (Lipinski definition) is 2. The highest BCUT2D eigenvalue weighted by Crippen LogP contribution is 2.33.